The molecule has 3 atom stereocenters. The first-order valence-electron chi connectivity index (χ1n) is 7.89. The van der Waals surface area contributed by atoms with Crippen LogP contribution in [0.4, 0.5) is 0 Å². The van der Waals surface area contributed by atoms with Crippen molar-refractivity contribution in [3.8, 4) is 0 Å². The second kappa shape index (κ2) is 4.59. The third-order valence-corrected chi connectivity index (χ3v) is 5.98. The van der Waals surface area contributed by atoms with Gasteiger partial charge in [-0.05, 0) is 60.7 Å². The van der Waals surface area contributed by atoms with Gasteiger partial charge in [0.15, 0.2) is 0 Å². The molecule has 2 fully saturated rings. The Morgan fingerprint density at radius 1 is 1.18 bits per heavy atom. The molecule has 100 valence electrons. The van der Waals surface area contributed by atoms with Gasteiger partial charge in [0.05, 0.1) is 0 Å². The van der Waals surface area contributed by atoms with E-state index in [2.05, 4.69) is 34.6 Å². The maximum atomic E-state index is 2.51. The first-order valence-corrected chi connectivity index (χ1v) is 7.89. The van der Waals surface area contributed by atoms with E-state index in [0.29, 0.717) is 5.41 Å². The van der Waals surface area contributed by atoms with Gasteiger partial charge in [-0.25, -0.2) is 0 Å². The van der Waals surface area contributed by atoms with Crippen LogP contribution in [0.3, 0.4) is 0 Å². The molecule has 0 amide bonds. The number of rotatable bonds is 6. The summed E-state index contributed by atoms with van der Waals surface area (Å²) < 4.78 is 0. The molecule has 2 aliphatic rings. The lowest BCUT2D eigenvalue weighted by Gasteiger charge is -2.44. The van der Waals surface area contributed by atoms with Crippen molar-refractivity contribution in [2.24, 2.45) is 28.6 Å². The van der Waals surface area contributed by atoms with Crippen molar-refractivity contribution < 1.29 is 0 Å². The molecular formula is C17H32. The van der Waals surface area contributed by atoms with Gasteiger partial charge in [0.25, 0.3) is 0 Å². The average Bonchev–Trinajstić information content (AvgIpc) is 2.85. The maximum absolute atomic E-state index is 2.51. The molecular weight excluding hydrogens is 204 g/mol. The molecule has 3 unspecified atom stereocenters. The highest BCUT2D eigenvalue weighted by atomic mass is 14.5. The number of hydrogen-bond donors (Lipinski definition) is 0. The highest BCUT2D eigenvalue weighted by Crippen LogP contribution is 2.59. The lowest BCUT2D eigenvalue weighted by molar-refractivity contribution is 0.0680. The molecule has 0 N–H and O–H groups in total. The summed E-state index contributed by atoms with van der Waals surface area (Å²) >= 11 is 0. The van der Waals surface area contributed by atoms with Gasteiger partial charge in [0.1, 0.15) is 0 Å². The molecule has 0 heterocycles. The van der Waals surface area contributed by atoms with Crippen molar-refractivity contribution in [1.29, 1.82) is 0 Å². The zero-order valence-electron chi connectivity index (χ0n) is 12.7. The van der Waals surface area contributed by atoms with Gasteiger partial charge >= 0.3 is 0 Å². The van der Waals surface area contributed by atoms with Crippen LogP contribution in [0.15, 0.2) is 0 Å². The molecule has 0 radical (unpaired) electrons. The third kappa shape index (κ3) is 2.88. The minimum absolute atomic E-state index is 0.711. The molecule has 0 heteroatoms. The first kappa shape index (κ1) is 13.4. The van der Waals surface area contributed by atoms with Crippen LogP contribution >= 0.6 is 0 Å². The first-order chi connectivity index (χ1) is 7.89. The van der Waals surface area contributed by atoms with E-state index in [1.807, 2.05) is 0 Å². The normalized spacial score (nSPS) is 46.4. The van der Waals surface area contributed by atoms with E-state index in [0.717, 1.165) is 23.2 Å². The monoisotopic (exact) mass is 236 g/mol. The zero-order valence-corrected chi connectivity index (χ0v) is 12.7. The van der Waals surface area contributed by atoms with Crippen LogP contribution in [-0.2, 0) is 0 Å². The predicted octanol–water partition coefficient (Wildman–Crippen LogP) is 5.67. The Morgan fingerprint density at radius 3 is 2.18 bits per heavy atom. The van der Waals surface area contributed by atoms with E-state index in [-0.39, 0.29) is 0 Å². The summed E-state index contributed by atoms with van der Waals surface area (Å²) in [7, 11) is 0. The van der Waals surface area contributed by atoms with Crippen LogP contribution in [0.25, 0.3) is 0 Å². The molecule has 0 saturated heterocycles. The second-order valence-corrected chi connectivity index (χ2v) is 7.99. The Morgan fingerprint density at radius 2 is 1.76 bits per heavy atom. The van der Waals surface area contributed by atoms with Crippen molar-refractivity contribution in [3.63, 3.8) is 0 Å². The minimum Gasteiger partial charge on any atom is -0.0648 e. The molecule has 2 aliphatic carbocycles. The molecule has 0 aromatic rings. The van der Waals surface area contributed by atoms with Gasteiger partial charge < -0.3 is 0 Å². The Balaban J connectivity index is 1.70. The van der Waals surface area contributed by atoms with E-state index in [9.17, 15) is 0 Å². The van der Waals surface area contributed by atoms with Crippen molar-refractivity contribution in [2.75, 3.05) is 0 Å². The third-order valence-electron chi connectivity index (χ3n) is 5.98. The van der Waals surface area contributed by atoms with Gasteiger partial charge in [0.2, 0.25) is 0 Å². The van der Waals surface area contributed by atoms with E-state index >= 15 is 0 Å². The van der Waals surface area contributed by atoms with Crippen LogP contribution in [0, 0.1) is 28.6 Å². The molecule has 0 nitrogen and oxygen atoms in total. The fourth-order valence-electron chi connectivity index (χ4n) is 4.69. The molecule has 0 bridgehead atoms. The Kier molecular flexibility index (Phi) is 3.63. The lowest BCUT2D eigenvalue weighted by atomic mass is 9.61. The topological polar surface area (TPSA) is 0 Å². The van der Waals surface area contributed by atoms with E-state index in [1.54, 1.807) is 0 Å². The molecule has 0 aromatic carbocycles. The SMILES string of the molecule is CCC1(CC(C)CCC2(C)CC(C)C2)CC1C. The minimum atomic E-state index is 0.711. The van der Waals surface area contributed by atoms with Crippen molar-refractivity contribution >= 4 is 0 Å². The fourth-order valence-corrected chi connectivity index (χ4v) is 4.69. The Bertz CT molecular complexity index is 257. The lowest BCUT2D eigenvalue weighted by Crippen LogP contribution is -2.33. The molecule has 17 heavy (non-hydrogen) atoms. The summed E-state index contributed by atoms with van der Waals surface area (Å²) in [5.41, 5.74) is 1.47. The van der Waals surface area contributed by atoms with Crippen molar-refractivity contribution in [1.82, 2.24) is 0 Å². The van der Waals surface area contributed by atoms with Crippen LogP contribution in [-0.4, -0.2) is 0 Å². The average molecular weight is 236 g/mol. The van der Waals surface area contributed by atoms with Crippen LogP contribution < -0.4 is 0 Å². The van der Waals surface area contributed by atoms with E-state index < -0.39 is 0 Å². The summed E-state index contributed by atoms with van der Waals surface area (Å²) in [6.45, 7) is 12.3. The molecule has 2 saturated carbocycles. The van der Waals surface area contributed by atoms with Gasteiger partial charge in [-0.15, -0.1) is 0 Å². The molecule has 0 aliphatic heterocycles. The summed E-state index contributed by atoms with van der Waals surface area (Å²) in [5.74, 6) is 2.96. The second-order valence-electron chi connectivity index (χ2n) is 7.99. The fraction of sp³-hybridized carbons (Fsp3) is 1.00. The highest BCUT2D eigenvalue weighted by Gasteiger charge is 2.49. The van der Waals surface area contributed by atoms with Gasteiger partial charge in [-0.3, -0.25) is 0 Å². The molecule has 2 rings (SSSR count). The predicted molar refractivity (Wildman–Crippen MR) is 76.0 cm³/mol. The maximum Gasteiger partial charge on any atom is -0.0269 e. The largest absolute Gasteiger partial charge is 0.0648 e. The summed E-state index contributed by atoms with van der Waals surface area (Å²) in [5, 5.41) is 0. The summed E-state index contributed by atoms with van der Waals surface area (Å²) in [6, 6.07) is 0. The van der Waals surface area contributed by atoms with Crippen LogP contribution in [0.2, 0.25) is 0 Å². The Labute approximate surface area is 109 Å². The van der Waals surface area contributed by atoms with E-state index in [1.165, 1.54) is 44.9 Å². The molecule has 0 spiro atoms. The van der Waals surface area contributed by atoms with Crippen molar-refractivity contribution in [2.45, 2.75) is 79.6 Å². The van der Waals surface area contributed by atoms with Crippen LogP contribution in [0.5, 0.6) is 0 Å². The van der Waals surface area contributed by atoms with Crippen molar-refractivity contribution in [3.05, 3.63) is 0 Å². The smallest absolute Gasteiger partial charge is 0.0269 e. The van der Waals surface area contributed by atoms with Gasteiger partial charge in [-0.1, -0.05) is 47.5 Å². The van der Waals surface area contributed by atoms with E-state index in [4.69, 9.17) is 0 Å². The summed E-state index contributed by atoms with van der Waals surface area (Å²) in [6.07, 6.45) is 10.3. The quantitative estimate of drug-likeness (QED) is 0.558. The highest BCUT2D eigenvalue weighted by molar-refractivity contribution is 4.99. The Hall–Kier alpha value is 0. The van der Waals surface area contributed by atoms with Gasteiger partial charge in [0, 0.05) is 0 Å². The number of hydrogen-bond acceptors (Lipinski definition) is 0. The summed E-state index contributed by atoms with van der Waals surface area (Å²) in [4.78, 5) is 0. The molecule has 0 aromatic heterocycles. The standard InChI is InChI=1S/C17H32/c1-6-17(12-15(17)4)11-13(2)7-8-16(5)9-14(3)10-16/h13-15H,6-12H2,1-5H3. The zero-order chi connectivity index (χ0) is 12.7. The van der Waals surface area contributed by atoms with Crippen LogP contribution in [0.1, 0.15) is 79.6 Å². The van der Waals surface area contributed by atoms with Gasteiger partial charge in [-0.2, -0.15) is 0 Å².